The molecular formula is C15H17ClFN. The molecule has 0 radical (unpaired) electrons. The predicted molar refractivity (Wildman–Crippen MR) is 73.3 cm³/mol. The van der Waals surface area contributed by atoms with E-state index in [0.29, 0.717) is 28.6 Å². The minimum Gasteiger partial charge on any atom is -0.380 e. The molecule has 0 amide bonds. The molecule has 1 N–H and O–H groups in total. The third kappa shape index (κ3) is 2.14. The first-order valence-electron chi connectivity index (χ1n) is 6.53. The highest BCUT2D eigenvalue weighted by atomic mass is 35.5. The summed E-state index contributed by atoms with van der Waals surface area (Å²) in [6, 6.07) is 5.09. The number of halogens is 2. The van der Waals surface area contributed by atoms with E-state index in [9.17, 15) is 4.39 Å². The van der Waals surface area contributed by atoms with E-state index in [1.807, 2.05) is 0 Å². The Morgan fingerprint density at radius 1 is 1.33 bits per heavy atom. The maximum atomic E-state index is 13.7. The summed E-state index contributed by atoms with van der Waals surface area (Å²) in [5.41, 5.74) is 0.554. The highest BCUT2D eigenvalue weighted by Gasteiger charge is 2.38. The molecule has 4 atom stereocenters. The molecule has 0 aliphatic heterocycles. The Morgan fingerprint density at radius 2 is 2.17 bits per heavy atom. The van der Waals surface area contributed by atoms with E-state index < -0.39 is 0 Å². The average molecular weight is 266 g/mol. The molecule has 0 aromatic heterocycles. The van der Waals surface area contributed by atoms with Crippen LogP contribution in [-0.2, 0) is 0 Å². The standard InChI is InChI=1S/C15H17ClFN/c1-9(13-7-10-2-3-11(13)6-10)18-15-5-4-12(16)8-14(15)17/h2-5,8-11,13,18H,6-7H2,1H3. The van der Waals surface area contributed by atoms with Crippen molar-refractivity contribution < 1.29 is 4.39 Å². The van der Waals surface area contributed by atoms with Gasteiger partial charge in [0.25, 0.3) is 0 Å². The minimum atomic E-state index is -0.270. The van der Waals surface area contributed by atoms with Crippen LogP contribution in [0.15, 0.2) is 30.4 Å². The maximum absolute atomic E-state index is 13.7. The Balaban J connectivity index is 1.71. The zero-order chi connectivity index (χ0) is 12.7. The highest BCUT2D eigenvalue weighted by Crippen LogP contribution is 2.45. The van der Waals surface area contributed by atoms with E-state index in [1.165, 1.54) is 18.9 Å². The molecule has 4 unspecified atom stereocenters. The normalized spacial score (nSPS) is 30.7. The maximum Gasteiger partial charge on any atom is 0.147 e. The van der Waals surface area contributed by atoms with Gasteiger partial charge in [-0.15, -0.1) is 0 Å². The van der Waals surface area contributed by atoms with Gasteiger partial charge in [-0.05, 0) is 55.7 Å². The summed E-state index contributed by atoms with van der Waals surface area (Å²) < 4.78 is 13.7. The summed E-state index contributed by atoms with van der Waals surface area (Å²) in [6.07, 6.45) is 7.16. The first kappa shape index (κ1) is 12.0. The van der Waals surface area contributed by atoms with Crippen LogP contribution in [0.25, 0.3) is 0 Å². The second-order valence-corrected chi connectivity index (χ2v) is 5.94. The average Bonchev–Trinajstić information content (AvgIpc) is 2.94. The van der Waals surface area contributed by atoms with Crippen LogP contribution < -0.4 is 5.32 Å². The molecule has 1 saturated carbocycles. The monoisotopic (exact) mass is 265 g/mol. The third-order valence-corrected chi connectivity index (χ3v) is 4.52. The summed E-state index contributed by atoms with van der Waals surface area (Å²) in [5, 5.41) is 3.74. The smallest absolute Gasteiger partial charge is 0.147 e. The fraction of sp³-hybridized carbons (Fsp3) is 0.467. The molecule has 2 aliphatic rings. The van der Waals surface area contributed by atoms with Gasteiger partial charge in [0.1, 0.15) is 5.82 Å². The van der Waals surface area contributed by atoms with Crippen LogP contribution in [0.4, 0.5) is 10.1 Å². The molecule has 96 valence electrons. The number of rotatable bonds is 3. The molecule has 1 aromatic carbocycles. The van der Waals surface area contributed by atoms with Crippen molar-refractivity contribution in [2.24, 2.45) is 17.8 Å². The fourth-order valence-electron chi connectivity index (χ4n) is 3.36. The number of anilines is 1. The van der Waals surface area contributed by atoms with Gasteiger partial charge < -0.3 is 5.32 Å². The molecule has 1 nitrogen and oxygen atoms in total. The summed E-state index contributed by atoms with van der Waals surface area (Å²) in [5.74, 6) is 1.77. The van der Waals surface area contributed by atoms with Gasteiger partial charge in [0.05, 0.1) is 5.69 Å². The van der Waals surface area contributed by atoms with Gasteiger partial charge in [0.2, 0.25) is 0 Å². The number of benzene rings is 1. The van der Waals surface area contributed by atoms with Crippen LogP contribution >= 0.6 is 11.6 Å². The second kappa shape index (κ2) is 4.58. The van der Waals surface area contributed by atoms with Gasteiger partial charge in [-0.1, -0.05) is 23.8 Å². The first-order valence-corrected chi connectivity index (χ1v) is 6.91. The van der Waals surface area contributed by atoms with Gasteiger partial charge in [-0.2, -0.15) is 0 Å². The Hall–Kier alpha value is -1.02. The molecule has 1 aromatic rings. The molecule has 18 heavy (non-hydrogen) atoms. The Kier molecular flexibility index (Phi) is 3.06. The zero-order valence-electron chi connectivity index (χ0n) is 10.4. The zero-order valence-corrected chi connectivity index (χ0v) is 11.1. The second-order valence-electron chi connectivity index (χ2n) is 5.50. The first-order chi connectivity index (χ1) is 8.63. The SMILES string of the molecule is CC(Nc1ccc(Cl)cc1F)C1CC2C=CC1C2. The number of nitrogens with one attached hydrogen (secondary N) is 1. The summed E-state index contributed by atoms with van der Waals surface area (Å²) in [7, 11) is 0. The predicted octanol–water partition coefficient (Wildman–Crippen LogP) is 4.49. The molecular weight excluding hydrogens is 249 g/mol. The lowest BCUT2D eigenvalue weighted by atomic mass is 9.87. The molecule has 0 spiro atoms. The van der Waals surface area contributed by atoms with Crippen molar-refractivity contribution >= 4 is 17.3 Å². The lowest BCUT2D eigenvalue weighted by Crippen LogP contribution is -2.29. The third-order valence-electron chi connectivity index (χ3n) is 4.29. The lowest BCUT2D eigenvalue weighted by Gasteiger charge is -2.27. The van der Waals surface area contributed by atoms with E-state index in [4.69, 9.17) is 11.6 Å². The molecule has 0 saturated heterocycles. The van der Waals surface area contributed by atoms with Gasteiger partial charge in [-0.25, -0.2) is 4.39 Å². The van der Waals surface area contributed by atoms with Crippen LogP contribution in [0.5, 0.6) is 0 Å². The summed E-state index contributed by atoms with van der Waals surface area (Å²) in [6.45, 7) is 2.15. The summed E-state index contributed by atoms with van der Waals surface area (Å²) >= 11 is 5.76. The molecule has 3 heteroatoms. The molecule has 2 bridgehead atoms. The van der Waals surface area contributed by atoms with E-state index in [1.54, 1.807) is 12.1 Å². The molecule has 0 heterocycles. The quantitative estimate of drug-likeness (QED) is 0.794. The van der Waals surface area contributed by atoms with Crippen molar-refractivity contribution in [2.45, 2.75) is 25.8 Å². The van der Waals surface area contributed by atoms with Crippen molar-refractivity contribution in [2.75, 3.05) is 5.32 Å². The Morgan fingerprint density at radius 3 is 2.78 bits per heavy atom. The Bertz CT molecular complexity index is 485. The van der Waals surface area contributed by atoms with Crippen molar-refractivity contribution in [3.63, 3.8) is 0 Å². The number of hydrogen-bond acceptors (Lipinski definition) is 1. The molecule has 1 fully saturated rings. The number of hydrogen-bond donors (Lipinski definition) is 1. The van der Waals surface area contributed by atoms with E-state index in [-0.39, 0.29) is 5.82 Å². The van der Waals surface area contributed by atoms with Gasteiger partial charge >= 0.3 is 0 Å². The van der Waals surface area contributed by atoms with Gasteiger partial charge in [-0.3, -0.25) is 0 Å². The van der Waals surface area contributed by atoms with Gasteiger partial charge in [0, 0.05) is 11.1 Å². The van der Waals surface area contributed by atoms with Gasteiger partial charge in [0.15, 0.2) is 0 Å². The van der Waals surface area contributed by atoms with Crippen molar-refractivity contribution in [3.05, 3.63) is 41.2 Å². The van der Waals surface area contributed by atoms with Crippen LogP contribution in [0.2, 0.25) is 5.02 Å². The molecule has 3 rings (SSSR count). The number of fused-ring (bicyclic) bond motifs is 2. The molecule has 2 aliphatic carbocycles. The topological polar surface area (TPSA) is 12.0 Å². The van der Waals surface area contributed by atoms with Crippen molar-refractivity contribution in [1.82, 2.24) is 0 Å². The number of allylic oxidation sites excluding steroid dienone is 2. The van der Waals surface area contributed by atoms with E-state index in [2.05, 4.69) is 24.4 Å². The van der Waals surface area contributed by atoms with Crippen molar-refractivity contribution in [1.29, 1.82) is 0 Å². The Labute approximate surface area is 112 Å². The minimum absolute atomic E-state index is 0.270. The summed E-state index contributed by atoms with van der Waals surface area (Å²) in [4.78, 5) is 0. The largest absolute Gasteiger partial charge is 0.380 e. The van der Waals surface area contributed by atoms with Crippen LogP contribution in [0.3, 0.4) is 0 Å². The van der Waals surface area contributed by atoms with E-state index >= 15 is 0 Å². The van der Waals surface area contributed by atoms with Crippen molar-refractivity contribution in [3.8, 4) is 0 Å². The van der Waals surface area contributed by atoms with Crippen LogP contribution in [-0.4, -0.2) is 6.04 Å². The fourth-order valence-corrected chi connectivity index (χ4v) is 3.52. The van der Waals surface area contributed by atoms with Crippen LogP contribution in [0, 0.1) is 23.6 Å². The highest BCUT2D eigenvalue weighted by molar-refractivity contribution is 6.30. The van der Waals surface area contributed by atoms with Crippen LogP contribution in [0.1, 0.15) is 19.8 Å². The van der Waals surface area contributed by atoms with E-state index in [0.717, 1.165) is 5.92 Å². The lowest BCUT2D eigenvalue weighted by molar-refractivity contribution is 0.398.